The molecule has 1 atom stereocenters. The molecule has 30 heavy (non-hydrogen) atoms. The predicted octanol–water partition coefficient (Wildman–Crippen LogP) is 2.88. The van der Waals surface area contributed by atoms with Gasteiger partial charge in [-0.25, -0.2) is 17.2 Å². The lowest BCUT2D eigenvalue weighted by Crippen LogP contribution is -2.53. The number of piperazine rings is 1. The molecule has 1 unspecified atom stereocenters. The van der Waals surface area contributed by atoms with E-state index >= 15 is 0 Å². The Balaban J connectivity index is 1.61. The fourth-order valence-corrected chi connectivity index (χ4v) is 4.74. The molecule has 0 saturated carbocycles. The Morgan fingerprint density at radius 3 is 2.23 bits per heavy atom. The van der Waals surface area contributed by atoms with Crippen LogP contribution in [0.25, 0.3) is 0 Å². The molecule has 0 radical (unpaired) electrons. The van der Waals surface area contributed by atoms with Crippen molar-refractivity contribution < 1.29 is 26.7 Å². The Labute approximate surface area is 175 Å². The quantitative estimate of drug-likeness (QED) is 0.720. The zero-order valence-corrected chi connectivity index (χ0v) is 17.9. The minimum atomic E-state index is -3.64. The van der Waals surface area contributed by atoms with Crippen molar-refractivity contribution in [1.29, 1.82) is 0 Å². The standard InChI is InChI=1S/C21H24F2N2O4S/c1-14-4-6-18(12-15(14)2)30(27,28)25-10-8-24(9-11-25)21(26)16(3)29-17-5-7-19(22)20(23)13-17/h4-7,12-13,16H,8-11H2,1-3H3. The number of ether oxygens (including phenoxy) is 1. The number of halogens is 2. The number of hydrogen-bond donors (Lipinski definition) is 0. The van der Waals surface area contributed by atoms with Gasteiger partial charge in [0.05, 0.1) is 4.90 Å². The Bertz CT molecular complexity index is 1050. The van der Waals surface area contributed by atoms with Crippen molar-refractivity contribution in [3.63, 3.8) is 0 Å². The summed E-state index contributed by atoms with van der Waals surface area (Å²) < 4.78 is 58.9. The van der Waals surface area contributed by atoms with Gasteiger partial charge in [-0.15, -0.1) is 0 Å². The van der Waals surface area contributed by atoms with Gasteiger partial charge in [0.15, 0.2) is 17.7 Å². The van der Waals surface area contributed by atoms with E-state index in [1.807, 2.05) is 13.8 Å². The summed E-state index contributed by atoms with van der Waals surface area (Å²) in [6.07, 6.45) is -0.919. The third kappa shape index (κ3) is 4.62. The van der Waals surface area contributed by atoms with Crippen LogP contribution in [0.3, 0.4) is 0 Å². The molecule has 1 fully saturated rings. The van der Waals surface area contributed by atoms with Gasteiger partial charge in [-0.05, 0) is 56.2 Å². The molecule has 1 saturated heterocycles. The second kappa shape index (κ2) is 8.69. The SMILES string of the molecule is Cc1ccc(S(=O)(=O)N2CCN(C(=O)C(C)Oc3ccc(F)c(F)c3)CC2)cc1C. The molecule has 6 nitrogen and oxygen atoms in total. The maximum atomic E-state index is 13.3. The molecule has 9 heteroatoms. The highest BCUT2D eigenvalue weighted by Crippen LogP contribution is 2.21. The van der Waals surface area contributed by atoms with Crippen molar-refractivity contribution in [2.24, 2.45) is 0 Å². The van der Waals surface area contributed by atoms with Crippen LogP contribution in [0.5, 0.6) is 5.75 Å². The molecule has 2 aromatic rings. The van der Waals surface area contributed by atoms with Crippen molar-refractivity contribution in [1.82, 2.24) is 9.21 Å². The summed E-state index contributed by atoms with van der Waals surface area (Å²) in [4.78, 5) is 14.4. The second-order valence-corrected chi connectivity index (χ2v) is 9.25. The van der Waals surface area contributed by atoms with Crippen LogP contribution in [0, 0.1) is 25.5 Å². The molecule has 1 heterocycles. The van der Waals surface area contributed by atoms with E-state index in [-0.39, 0.29) is 42.7 Å². The van der Waals surface area contributed by atoms with Crippen molar-refractivity contribution in [2.45, 2.75) is 31.8 Å². The average Bonchev–Trinajstić information content (AvgIpc) is 2.72. The summed E-state index contributed by atoms with van der Waals surface area (Å²) in [5, 5.41) is 0. The predicted molar refractivity (Wildman–Crippen MR) is 108 cm³/mol. The average molecular weight is 438 g/mol. The maximum absolute atomic E-state index is 13.3. The van der Waals surface area contributed by atoms with E-state index < -0.39 is 27.8 Å². The van der Waals surface area contributed by atoms with E-state index in [1.165, 1.54) is 22.2 Å². The molecule has 3 rings (SSSR count). The first kappa shape index (κ1) is 22.2. The van der Waals surface area contributed by atoms with Gasteiger partial charge >= 0.3 is 0 Å². The van der Waals surface area contributed by atoms with Gasteiger partial charge in [-0.1, -0.05) is 6.07 Å². The highest BCUT2D eigenvalue weighted by Gasteiger charge is 2.32. The first-order chi connectivity index (χ1) is 14.1. The highest BCUT2D eigenvalue weighted by molar-refractivity contribution is 7.89. The lowest BCUT2D eigenvalue weighted by atomic mass is 10.1. The minimum Gasteiger partial charge on any atom is -0.481 e. The van der Waals surface area contributed by atoms with Gasteiger partial charge < -0.3 is 9.64 Å². The largest absolute Gasteiger partial charge is 0.481 e. The molecule has 2 aromatic carbocycles. The topological polar surface area (TPSA) is 66.9 Å². The van der Waals surface area contributed by atoms with E-state index in [4.69, 9.17) is 4.74 Å². The number of hydrogen-bond acceptors (Lipinski definition) is 4. The number of benzene rings is 2. The summed E-state index contributed by atoms with van der Waals surface area (Å²) in [6, 6.07) is 8.08. The molecule has 162 valence electrons. The van der Waals surface area contributed by atoms with Crippen LogP contribution in [-0.4, -0.2) is 55.8 Å². The van der Waals surface area contributed by atoms with Gasteiger partial charge in [0, 0.05) is 32.2 Å². The fourth-order valence-electron chi connectivity index (χ4n) is 3.23. The van der Waals surface area contributed by atoms with E-state index in [1.54, 1.807) is 18.2 Å². The number of sulfonamides is 1. The van der Waals surface area contributed by atoms with Crippen LogP contribution in [-0.2, 0) is 14.8 Å². The van der Waals surface area contributed by atoms with E-state index in [2.05, 4.69) is 0 Å². The third-order valence-electron chi connectivity index (χ3n) is 5.22. The Hall–Kier alpha value is -2.52. The number of aryl methyl sites for hydroxylation is 2. The van der Waals surface area contributed by atoms with Crippen LogP contribution >= 0.6 is 0 Å². The molecule has 1 amide bonds. The first-order valence-corrected chi connectivity index (χ1v) is 11.0. The second-order valence-electron chi connectivity index (χ2n) is 7.31. The zero-order valence-electron chi connectivity index (χ0n) is 17.1. The molecular formula is C21H24F2N2O4S. The van der Waals surface area contributed by atoms with Gasteiger partial charge in [-0.2, -0.15) is 4.31 Å². The molecule has 0 bridgehead atoms. The number of rotatable bonds is 5. The molecule has 0 aliphatic carbocycles. The first-order valence-electron chi connectivity index (χ1n) is 9.57. The normalized spacial score (nSPS) is 16.4. The molecule has 1 aliphatic rings. The molecule has 0 aromatic heterocycles. The number of carbonyl (C=O) groups is 1. The molecule has 0 spiro atoms. The lowest BCUT2D eigenvalue weighted by Gasteiger charge is -2.35. The monoisotopic (exact) mass is 438 g/mol. The number of carbonyl (C=O) groups excluding carboxylic acids is 1. The third-order valence-corrected chi connectivity index (χ3v) is 7.11. The van der Waals surface area contributed by atoms with Crippen LogP contribution in [0.2, 0.25) is 0 Å². The van der Waals surface area contributed by atoms with Gasteiger partial charge in [0.2, 0.25) is 10.0 Å². The van der Waals surface area contributed by atoms with E-state index in [9.17, 15) is 22.0 Å². The van der Waals surface area contributed by atoms with Gasteiger partial charge in [-0.3, -0.25) is 4.79 Å². The Kier molecular flexibility index (Phi) is 6.42. The summed E-state index contributed by atoms with van der Waals surface area (Å²) in [7, 11) is -3.64. The maximum Gasteiger partial charge on any atom is 0.263 e. The van der Waals surface area contributed by atoms with Gasteiger partial charge in [0.25, 0.3) is 5.91 Å². The van der Waals surface area contributed by atoms with Crippen LogP contribution in [0.1, 0.15) is 18.1 Å². The number of nitrogens with zero attached hydrogens (tertiary/aromatic N) is 2. The summed E-state index contributed by atoms with van der Waals surface area (Å²) in [5.41, 5.74) is 1.91. The van der Waals surface area contributed by atoms with E-state index in [0.29, 0.717) is 0 Å². The summed E-state index contributed by atoms with van der Waals surface area (Å²) >= 11 is 0. The fraction of sp³-hybridized carbons (Fsp3) is 0.381. The Morgan fingerprint density at radius 2 is 1.63 bits per heavy atom. The Morgan fingerprint density at radius 1 is 0.967 bits per heavy atom. The van der Waals surface area contributed by atoms with Crippen LogP contribution < -0.4 is 4.74 Å². The number of amides is 1. The van der Waals surface area contributed by atoms with Crippen LogP contribution in [0.15, 0.2) is 41.3 Å². The van der Waals surface area contributed by atoms with Crippen LogP contribution in [0.4, 0.5) is 8.78 Å². The van der Waals surface area contributed by atoms with Crippen molar-refractivity contribution in [3.05, 3.63) is 59.2 Å². The minimum absolute atomic E-state index is 0.0469. The smallest absolute Gasteiger partial charge is 0.263 e. The lowest BCUT2D eigenvalue weighted by molar-refractivity contribution is -0.139. The van der Waals surface area contributed by atoms with Gasteiger partial charge in [0.1, 0.15) is 5.75 Å². The van der Waals surface area contributed by atoms with Crippen molar-refractivity contribution >= 4 is 15.9 Å². The summed E-state index contributed by atoms with van der Waals surface area (Å²) in [5.74, 6) is -2.35. The highest BCUT2D eigenvalue weighted by atomic mass is 32.2. The summed E-state index contributed by atoms with van der Waals surface area (Å²) in [6.45, 7) is 6.06. The van der Waals surface area contributed by atoms with Crippen molar-refractivity contribution in [3.8, 4) is 5.75 Å². The zero-order chi connectivity index (χ0) is 22.1. The van der Waals surface area contributed by atoms with Crippen molar-refractivity contribution in [2.75, 3.05) is 26.2 Å². The molecular weight excluding hydrogens is 414 g/mol. The molecule has 1 aliphatic heterocycles. The molecule has 0 N–H and O–H groups in total. The van der Waals surface area contributed by atoms with E-state index in [0.717, 1.165) is 23.3 Å².